The van der Waals surface area contributed by atoms with Crippen LogP contribution in [0.3, 0.4) is 0 Å². The number of ether oxygens (including phenoxy) is 1. The summed E-state index contributed by atoms with van der Waals surface area (Å²) in [6, 6.07) is 19.1. The fraction of sp³-hybridized carbons (Fsp3) is 0.355. The number of sulfonamides is 1. The molecule has 1 N–H and O–H groups in total. The molecule has 3 aromatic rings. The van der Waals surface area contributed by atoms with E-state index in [2.05, 4.69) is 5.32 Å². The topological polar surface area (TPSA) is 139 Å². The number of nitrogens with zero attached hydrogens (tertiary/aromatic N) is 3. The number of carbonyl (C=O) groups excluding carboxylic acids is 2. The van der Waals surface area contributed by atoms with Crippen LogP contribution >= 0.6 is 0 Å². The van der Waals surface area contributed by atoms with Gasteiger partial charge in [0.15, 0.2) is 0 Å². The number of nitro benzene ring substituents is 1. The first-order valence-electron chi connectivity index (χ1n) is 13.8. The Morgan fingerprint density at radius 3 is 2.23 bits per heavy atom. The Hall–Kier alpha value is -4.45. The van der Waals surface area contributed by atoms with Crippen LogP contribution in [0.4, 0.5) is 11.4 Å². The SMILES string of the molecule is CC[C@H](C)NC(=O)[C@@H](Cc1ccccc1)N(Cc1ccc(C)cc1)C(=O)CN(c1cc([N+](=O)[O-])ccc1OC)S(C)(=O)=O. The van der Waals surface area contributed by atoms with Gasteiger partial charge in [0.05, 0.1) is 18.3 Å². The third kappa shape index (κ3) is 9.02. The Morgan fingerprint density at radius 2 is 1.67 bits per heavy atom. The van der Waals surface area contributed by atoms with Gasteiger partial charge in [-0.15, -0.1) is 0 Å². The fourth-order valence-electron chi connectivity index (χ4n) is 4.47. The van der Waals surface area contributed by atoms with E-state index in [9.17, 15) is 28.1 Å². The van der Waals surface area contributed by atoms with E-state index in [-0.39, 0.29) is 42.0 Å². The van der Waals surface area contributed by atoms with Gasteiger partial charge in [-0.25, -0.2) is 8.42 Å². The highest BCUT2D eigenvalue weighted by molar-refractivity contribution is 7.92. The van der Waals surface area contributed by atoms with Crippen LogP contribution in [0.1, 0.15) is 37.0 Å². The number of aryl methyl sites for hydroxylation is 1. The maximum absolute atomic E-state index is 14.2. The number of nitro groups is 1. The van der Waals surface area contributed by atoms with Gasteiger partial charge < -0.3 is 15.0 Å². The number of carbonyl (C=O) groups is 2. The van der Waals surface area contributed by atoms with Crippen molar-refractivity contribution in [2.45, 2.75) is 52.2 Å². The molecule has 0 aliphatic rings. The smallest absolute Gasteiger partial charge is 0.271 e. The number of benzene rings is 3. The first-order valence-corrected chi connectivity index (χ1v) is 15.7. The standard InChI is InChI=1S/C31H38N4O7S/c1-6-23(3)32-31(37)28(18-24-10-8-7-9-11-24)33(20-25-14-12-22(2)13-15-25)30(36)21-34(43(5,40)41)27-19-26(35(38)39)16-17-29(27)42-4/h7-17,19,23,28H,6,18,20-21H2,1-5H3,(H,32,37)/t23-,28+/m0/s1. The van der Waals surface area contributed by atoms with Crippen molar-refractivity contribution >= 4 is 33.2 Å². The highest BCUT2D eigenvalue weighted by Gasteiger charge is 2.34. The lowest BCUT2D eigenvalue weighted by atomic mass is 10.0. The average Bonchev–Trinajstić information content (AvgIpc) is 2.97. The lowest BCUT2D eigenvalue weighted by Gasteiger charge is -2.34. The third-order valence-electron chi connectivity index (χ3n) is 7.07. The van der Waals surface area contributed by atoms with Gasteiger partial charge in [-0.05, 0) is 37.5 Å². The van der Waals surface area contributed by atoms with Gasteiger partial charge in [0.1, 0.15) is 24.0 Å². The molecule has 0 saturated carbocycles. The number of hydrogen-bond donors (Lipinski definition) is 1. The van der Waals surface area contributed by atoms with Crippen molar-refractivity contribution in [1.82, 2.24) is 10.2 Å². The van der Waals surface area contributed by atoms with Crippen LogP contribution in [0.5, 0.6) is 5.75 Å². The number of non-ortho nitro benzene ring substituents is 1. The number of rotatable bonds is 14. The van der Waals surface area contributed by atoms with Crippen molar-refractivity contribution in [2.75, 3.05) is 24.2 Å². The molecule has 12 heteroatoms. The molecule has 3 aromatic carbocycles. The number of anilines is 1. The van der Waals surface area contributed by atoms with E-state index in [4.69, 9.17) is 4.74 Å². The zero-order chi connectivity index (χ0) is 31.7. The van der Waals surface area contributed by atoms with Crippen LogP contribution in [-0.4, -0.2) is 62.0 Å². The Labute approximate surface area is 252 Å². The van der Waals surface area contributed by atoms with Crippen molar-refractivity contribution in [3.63, 3.8) is 0 Å². The second kappa shape index (κ2) is 14.6. The molecule has 0 spiro atoms. The first kappa shape index (κ1) is 33.1. The Balaban J connectivity index is 2.13. The highest BCUT2D eigenvalue weighted by atomic mass is 32.2. The number of hydrogen-bond acceptors (Lipinski definition) is 7. The molecule has 0 saturated heterocycles. The van der Waals surface area contributed by atoms with E-state index in [0.29, 0.717) is 6.42 Å². The zero-order valence-corrected chi connectivity index (χ0v) is 25.8. The molecule has 11 nitrogen and oxygen atoms in total. The second-order valence-corrected chi connectivity index (χ2v) is 12.3. The summed E-state index contributed by atoms with van der Waals surface area (Å²) in [6.45, 7) is 5.03. The largest absolute Gasteiger partial charge is 0.495 e. The molecule has 3 rings (SSSR count). The Morgan fingerprint density at radius 1 is 1.02 bits per heavy atom. The summed E-state index contributed by atoms with van der Waals surface area (Å²) in [5.41, 5.74) is 2.04. The summed E-state index contributed by atoms with van der Waals surface area (Å²) in [6.07, 6.45) is 1.75. The van der Waals surface area contributed by atoms with Crippen LogP contribution in [0.25, 0.3) is 0 Å². The maximum Gasteiger partial charge on any atom is 0.271 e. The quantitative estimate of drug-likeness (QED) is 0.213. The van der Waals surface area contributed by atoms with Gasteiger partial charge >= 0.3 is 0 Å². The zero-order valence-electron chi connectivity index (χ0n) is 25.0. The summed E-state index contributed by atoms with van der Waals surface area (Å²) in [4.78, 5) is 40.2. The lowest BCUT2D eigenvalue weighted by molar-refractivity contribution is -0.384. The van der Waals surface area contributed by atoms with Crippen LogP contribution < -0.4 is 14.4 Å². The minimum atomic E-state index is -4.15. The van der Waals surface area contributed by atoms with Crippen molar-refractivity contribution in [3.8, 4) is 5.75 Å². The number of methoxy groups -OCH3 is 1. The van der Waals surface area contributed by atoms with Gasteiger partial charge in [0.2, 0.25) is 21.8 Å². The van der Waals surface area contributed by atoms with E-state index in [1.165, 1.54) is 24.1 Å². The monoisotopic (exact) mass is 610 g/mol. The normalized spacial score (nSPS) is 12.6. The number of amides is 2. The van der Waals surface area contributed by atoms with Crippen LogP contribution in [0.2, 0.25) is 0 Å². The van der Waals surface area contributed by atoms with E-state index in [1.54, 1.807) is 0 Å². The molecule has 0 heterocycles. The first-order chi connectivity index (χ1) is 20.3. The molecule has 2 atom stereocenters. The van der Waals surface area contributed by atoms with Gasteiger partial charge in [0.25, 0.3) is 5.69 Å². The minimum Gasteiger partial charge on any atom is -0.495 e. The lowest BCUT2D eigenvalue weighted by Crippen LogP contribution is -2.54. The molecule has 0 aromatic heterocycles. The van der Waals surface area contributed by atoms with Gasteiger partial charge in [-0.2, -0.15) is 0 Å². The van der Waals surface area contributed by atoms with Crippen LogP contribution in [0.15, 0.2) is 72.8 Å². The Bertz CT molecular complexity index is 1530. The molecule has 0 aliphatic carbocycles. The molecule has 2 amide bonds. The molecule has 0 aliphatic heterocycles. The minimum absolute atomic E-state index is 0.0220. The van der Waals surface area contributed by atoms with Crippen molar-refractivity contribution in [1.29, 1.82) is 0 Å². The van der Waals surface area contributed by atoms with E-state index in [0.717, 1.165) is 33.3 Å². The fourth-order valence-corrected chi connectivity index (χ4v) is 5.31. The summed E-state index contributed by atoms with van der Waals surface area (Å²) in [5, 5.41) is 14.5. The van der Waals surface area contributed by atoms with Crippen molar-refractivity contribution in [3.05, 3.63) is 99.6 Å². The molecule has 43 heavy (non-hydrogen) atoms. The van der Waals surface area contributed by atoms with E-state index < -0.39 is 33.4 Å². The highest BCUT2D eigenvalue weighted by Crippen LogP contribution is 2.34. The third-order valence-corrected chi connectivity index (χ3v) is 8.19. The van der Waals surface area contributed by atoms with Gasteiger partial charge in [0, 0.05) is 31.1 Å². The molecular formula is C31H38N4O7S. The van der Waals surface area contributed by atoms with Crippen LogP contribution in [0, 0.1) is 17.0 Å². The van der Waals surface area contributed by atoms with Crippen molar-refractivity contribution < 1.29 is 27.7 Å². The number of nitrogens with one attached hydrogen (secondary N) is 1. The molecule has 0 bridgehead atoms. The predicted molar refractivity (Wildman–Crippen MR) is 165 cm³/mol. The summed E-state index contributed by atoms with van der Waals surface area (Å²) in [7, 11) is -2.85. The second-order valence-electron chi connectivity index (χ2n) is 10.4. The molecule has 230 valence electrons. The Kier molecular flexibility index (Phi) is 11.2. The van der Waals surface area contributed by atoms with Gasteiger partial charge in [-0.3, -0.25) is 24.0 Å². The summed E-state index contributed by atoms with van der Waals surface area (Å²) in [5.74, 6) is -1.01. The van der Waals surface area contributed by atoms with E-state index >= 15 is 0 Å². The van der Waals surface area contributed by atoms with Crippen LogP contribution in [-0.2, 0) is 32.6 Å². The summed E-state index contributed by atoms with van der Waals surface area (Å²) >= 11 is 0. The molecule has 0 fully saturated rings. The predicted octanol–water partition coefficient (Wildman–Crippen LogP) is 4.23. The maximum atomic E-state index is 14.2. The molecular weight excluding hydrogens is 572 g/mol. The molecule has 0 radical (unpaired) electrons. The summed E-state index contributed by atoms with van der Waals surface area (Å²) < 4.78 is 32.2. The molecule has 0 unspecified atom stereocenters. The van der Waals surface area contributed by atoms with Gasteiger partial charge in [-0.1, -0.05) is 67.1 Å². The van der Waals surface area contributed by atoms with E-state index in [1.807, 2.05) is 75.4 Å². The average molecular weight is 611 g/mol. The van der Waals surface area contributed by atoms with Crippen molar-refractivity contribution in [2.24, 2.45) is 0 Å².